The van der Waals surface area contributed by atoms with Crippen molar-refractivity contribution in [3.63, 3.8) is 0 Å². The van der Waals surface area contributed by atoms with Crippen LogP contribution in [0.3, 0.4) is 0 Å². The maximum atomic E-state index is 12.5. The molecule has 1 aromatic rings. The molecule has 1 aliphatic heterocycles. The van der Waals surface area contributed by atoms with Crippen LogP contribution in [0.4, 0.5) is 10.5 Å². The average Bonchev–Trinajstić information content (AvgIpc) is 2.53. The summed E-state index contributed by atoms with van der Waals surface area (Å²) in [6, 6.07) is 7.15. The zero-order valence-corrected chi connectivity index (χ0v) is 11.5. The maximum Gasteiger partial charge on any atom is 0.328 e. The molecule has 2 rings (SSSR count). The van der Waals surface area contributed by atoms with Gasteiger partial charge in [0, 0.05) is 19.3 Å². The van der Waals surface area contributed by atoms with Gasteiger partial charge >= 0.3 is 12.0 Å². The van der Waals surface area contributed by atoms with Crippen LogP contribution >= 0.6 is 0 Å². The van der Waals surface area contributed by atoms with Crippen molar-refractivity contribution in [3.8, 4) is 6.07 Å². The lowest BCUT2D eigenvalue weighted by molar-refractivity contribution is -0.147. The highest BCUT2D eigenvalue weighted by Crippen LogP contribution is 2.18. The fourth-order valence-electron chi connectivity index (χ4n) is 2.12. The largest absolute Gasteiger partial charge is 0.480 e. The maximum absolute atomic E-state index is 12.5. The number of rotatable bonds is 2. The summed E-state index contributed by atoms with van der Waals surface area (Å²) in [5.74, 6) is -1.10. The third kappa shape index (κ3) is 3.12. The molecule has 0 spiro atoms. The Morgan fingerprint density at radius 1 is 1.52 bits per heavy atom. The molecule has 1 N–H and O–H groups in total. The minimum Gasteiger partial charge on any atom is -0.480 e. The number of carboxylic acid groups (broad SMARTS) is 1. The Morgan fingerprint density at radius 3 is 2.95 bits per heavy atom. The van der Waals surface area contributed by atoms with E-state index in [1.165, 1.54) is 9.80 Å². The number of hydrogen-bond acceptors (Lipinski definition) is 4. The van der Waals surface area contributed by atoms with Crippen molar-refractivity contribution < 1.29 is 19.4 Å². The molecule has 7 nitrogen and oxygen atoms in total. The van der Waals surface area contributed by atoms with Gasteiger partial charge in [-0.25, -0.2) is 9.59 Å². The lowest BCUT2D eigenvalue weighted by atomic mass is 10.2. The molecule has 1 aliphatic rings. The lowest BCUT2D eigenvalue weighted by Gasteiger charge is -2.35. The number of nitrogens with zero attached hydrogens (tertiary/aromatic N) is 3. The Kier molecular flexibility index (Phi) is 4.40. The topological polar surface area (TPSA) is 93.9 Å². The number of carboxylic acids is 1. The Morgan fingerprint density at radius 2 is 2.29 bits per heavy atom. The van der Waals surface area contributed by atoms with Crippen molar-refractivity contribution in [2.45, 2.75) is 6.04 Å². The van der Waals surface area contributed by atoms with Gasteiger partial charge in [0.2, 0.25) is 0 Å². The summed E-state index contributed by atoms with van der Waals surface area (Å²) in [6.45, 7) is 0.507. The van der Waals surface area contributed by atoms with Gasteiger partial charge in [0.05, 0.1) is 24.8 Å². The number of carbonyl (C=O) groups excluding carboxylic acids is 1. The second-order valence-corrected chi connectivity index (χ2v) is 4.63. The summed E-state index contributed by atoms with van der Waals surface area (Å²) in [4.78, 5) is 26.3. The molecule has 1 aromatic carbocycles. The van der Waals surface area contributed by atoms with E-state index in [-0.39, 0.29) is 13.2 Å². The Labute approximate surface area is 121 Å². The highest BCUT2D eigenvalue weighted by molar-refractivity contribution is 5.94. The molecule has 1 saturated heterocycles. The van der Waals surface area contributed by atoms with E-state index in [9.17, 15) is 9.59 Å². The van der Waals surface area contributed by atoms with Crippen molar-refractivity contribution >= 4 is 17.7 Å². The number of benzene rings is 1. The van der Waals surface area contributed by atoms with Gasteiger partial charge in [-0.15, -0.1) is 0 Å². The second-order valence-electron chi connectivity index (χ2n) is 4.63. The van der Waals surface area contributed by atoms with Gasteiger partial charge in [-0.05, 0) is 18.2 Å². The number of morpholine rings is 1. The summed E-state index contributed by atoms with van der Waals surface area (Å²) >= 11 is 0. The van der Waals surface area contributed by atoms with Crippen LogP contribution in [0.15, 0.2) is 24.3 Å². The monoisotopic (exact) mass is 289 g/mol. The quantitative estimate of drug-likeness (QED) is 0.873. The van der Waals surface area contributed by atoms with Gasteiger partial charge in [-0.2, -0.15) is 5.26 Å². The minimum atomic E-state index is -1.10. The van der Waals surface area contributed by atoms with E-state index in [2.05, 4.69) is 0 Å². The van der Waals surface area contributed by atoms with Gasteiger partial charge in [0.25, 0.3) is 0 Å². The van der Waals surface area contributed by atoms with E-state index in [1.54, 1.807) is 31.3 Å². The molecule has 21 heavy (non-hydrogen) atoms. The van der Waals surface area contributed by atoms with Crippen molar-refractivity contribution in [2.75, 3.05) is 31.7 Å². The summed E-state index contributed by atoms with van der Waals surface area (Å²) in [7, 11) is 1.55. The first-order valence-electron chi connectivity index (χ1n) is 6.39. The molecule has 1 atom stereocenters. The van der Waals surface area contributed by atoms with Crippen LogP contribution in [0.5, 0.6) is 0 Å². The first kappa shape index (κ1) is 14.8. The Hall–Kier alpha value is -2.59. The van der Waals surface area contributed by atoms with E-state index in [0.29, 0.717) is 17.9 Å². The number of urea groups is 1. The van der Waals surface area contributed by atoms with Gasteiger partial charge in [-0.3, -0.25) is 4.90 Å². The number of aliphatic carboxylic acids is 1. The number of ether oxygens (including phenoxy) is 1. The molecule has 1 fully saturated rings. The number of nitriles is 1. The fraction of sp³-hybridized carbons (Fsp3) is 0.357. The lowest BCUT2D eigenvalue weighted by Crippen LogP contribution is -2.56. The molecule has 0 radical (unpaired) electrons. The second kappa shape index (κ2) is 6.24. The zero-order chi connectivity index (χ0) is 15.4. The van der Waals surface area contributed by atoms with E-state index in [0.717, 1.165) is 0 Å². The molecular weight excluding hydrogens is 274 g/mol. The van der Waals surface area contributed by atoms with E-state index >= 15 is 0 Å². The first-order valence-corrected chi connectivity index (χ1v) is 6.39. The molecule has 1 heterocycles. The molecule has 7 heteroatoms. The predicted molar refractivity (Wildman–Crippen MR) is 73.9 cm³/mol. The SMILES string of the molecule is CN(C(=O)N1CCOCC1C(=O)O)c1cccc(C#N)c1. The molecule has 0 saturated carbocycles. The van der Waals surface area contributed by atoms with Crippen LogP contribution in [0.1, 0.15) is 5.56 Å². The number of anilines is 1. The minimum absolute atomic E-state index is 0.0207. The molecule has 1 unspecified atom stereocenters. The summed E-state index contributed by atoms with van der Waals surface area (Å²) in [5.41, 5.74) is 0.971. The van der Waals surface area contributed by atoms with E-state index < -0.39 is 18.0 Å². The van der Waals surface area contributed by atoms with Gasteiger partial charge in [0.1, 0.15) is 0 Å². The van der Waals surface area contributed by atoms with Crippen LogP contribution in [0, 0.1) is 11.3 Å². The van der Waals surface area contributed by atoms with Gasteiger partial charge in [-0.1, -0.05) is 6.07 Å². The van der Waals surface area contributed by atoms with Crippen molar-refractivity contribution in [2.24, 2.45) is 0 Å². The smallest absolute Gasteiger partial charge is 0.328 e. The fourth-order valence-corrected chi connectivity index (χ4v) is 2.12. The third-order valence-electron chi connectivity index (χ3n) is 3.31. The van der Waals surface area contributed by atoms with E-state index in [4.69, 9.17) is 15.1 Å². The summed E-state index contributed by atoms with van der Waals surface area (Å²) in [6.07, 6.45) is 0. The summed E-state index contributed by atoms with van der Waals surface area (Å²) in [5, 5.41) is 18.0. The summed E-state index contributed by atoms with van der Waals surface area (Å²) < 4.78 is 5.11. The van der Waals surface area contributed by atoms with Crippen LogP contribution < -0.4 is 4.90 Å². The highest BCUT2D eigenvalue weighted by atomic mass is 16.5. The number of carbonyl (C=O) groups is 2. The Bertz CT molecular complexity index is 596. The predicted octanol–water partition coefficient (Wildman–Crippen LogP) is 0.900. The molecule has 0 bridgehead atoms. The molecule has 2 amide bonds. The van der Waals surface area contributed by atoms with Crippen LogP contribution in [-0.4, -0.2) is 54.9 Å². The van der Waals surface area contributed by atoms with Crippen LogP contribution in [0.25, 0.3) is 0 Å². The molecule has 110 valence electrons. The van der Waals surface area contributed by atoms with Crippen molar-refractivity contribution in [1.82, 2.24) is 4.90 Å². The van der Waals surface area contributed by atoms with Gasteiger partial charge in [0.15, 0.2) is 6.04 Å². The standard InChI is InChI=1S/C14H15N3O4/c1-16(11-4-2-3-10(7-11)8-15)14(20)17-5-6-21-9-12(17)13(18)19/h2-4,7,12H,5-6,9H2,1H3,(H,18,19). The first-order chi connectivity index (χ1) is 10.0. The van der Waals surface area contributed by atoms with E-state index in [1.807, 2.05) is 6.07 Å². The van der Waals surface area contributed by atoms with Crippen LogP contribution in [-0.2, 0) is 9.53 Å². The molecular formula is C14H15N3O4. The van der Waals surface area contributed by atoms with Crippen LogP contribution in [0.2, 0.25) is 0 Å². The van der Waals surface area contributed by atoms with Crippen molar-refractivity contribution in [1.29, 1.82) is 5.26 Å². The highest BCUT2D eigenvalue weighted by Gasteiger charge is 2.34. The average molecular weight is 289 g/mol. The zero-order valence-electron chi connectivity index (χ0n) is 11.5. The normalized spacial score (nSPS) is 17.9. The molecule has 0 aromatic heterocycles. The third-order valence-corrected chi connectivity index (χ3v) is 3.31. The number of amides is 2. The van der Waals surface area contributed by atoms with Gasteiger partial charge < -0.3 is 14.7 Å². The van der Waals surface area contributed by atoms with Crippen molar-refractivity contribution in [3.05, 3.63) is 29.8 Å². The number of hydrogen-bond donors (Lipinski definition) is 1. The Balaban J connectivity index is 2.21. The molecule has 0 aliphatic carbocycles.